The SMILES string of the molecule is CCCOC(=O)c1c(-c2ccc3c(c2)OCCO3)csc1N. The van der Waals surface area contributed by atoms with Crippen LogP contribution in [0.3, 0.4) is 0 Å². The van der Waals surface area contributed by atoms with E-state index in [1.54, 1.807) is 0 Å². The fraction of sp³-hybridized carbons (Fsp3) is 0.312. The van der Waals surface area contributed by atoms with Gasteiger partial charge in [-0.05, 0) is 24.1 Å². The van der Waals surface area contributed by atoms with E-state index in [1.165, 1.54) is 11.3 Å². The lowest BCUT2D eigenvalue weighted by molar-refractivity contribution is 0.0508. The molecular formula is C16H17NO4S. The summed E-state index contributed by atoms with van der Waals surface area (Å²) < 4.78 is 16.3. The maximum atomic E-state index is 12.2. The van der Waals surface area contributed by atoms with E-state index in [9.17, 15) is 4.79 Å². The molecule has 0 aliphatic carbocycles. The van der Waals surface area contributed by atoms with Crippen molar-refractivity contribution < 1.29 is 19.0 Å². The van der Waals surface area contributed by atoms with Crippen molar-refractivity contribution in [3.63, 3.8) is 0 Å². The molecule has 0 amide bonds. The van der Waals surface area contributed by atoms with E-state index in [2.05, 4.69) is 0 Å². The largest absolute Gasteiger partial charge is 0.486 e. The van der Waals surface area contributed by atoms with E-state index >= 15 is 0 Å². The Morgan fingerprint density at radius 3 is 2.86 bits per heavy atom. The van der Waals surface area contributed by atoms with Gasteiger partial charge in [-0.2, -0.15) is 0 Å². The minimum absolute atomic E-state index is 0.384. The van der Waals surface area contributed by atoms with Crippen molar-refractivity contribution in [1.29, 1.82) is 0 Å². The average molecular weight is 319 g/mol. The normalized spacial score (nSPS) is 13.0. The Balaban J connectivity index is 1.97. The summed E-state index contributed by atoms with van der Waals surface area (Å²) in [6, 6.07) is 5.61. The lowest BCUT2D eigenvalue weighted by Crippen LogP contribution is -2.15. The van der Waals surface area contributed by atoms with Gasteiger partial charge in [0.25, 0.3) is 0 Å². The van der Waals surface area contributed by atoms with Crippen LogP contribution in [-0.4, -0.2) is 25.8 Å². The van der Waals surface area contributed by atoms with Crippen LogP contribution in [0.5, 0.6) is 11.5 Å². The van der Waals surface area contributed by atoms with Crippen molar-refractivity contribution >= 4 is 22.3 Å². The molecule has 116 valence electrons. The van der Waals surface area contributed by atoms with Gasteiger partial charge in [0.1, 0.15) is 23.8 Å². The summed E-state index contributed by atoms with van der Waals surface area (Å²) in [5.74, 6) is 1.01. The number of anilines is 1. The van der Waals surface area contributed by atoms with Gasteiger partial charge in [0.2, 0.25) is 0 Å². The lowest BCUT2D eigenvalue weighted by Gasteiger charge is -2.19. The van der Waals surface area contributed by atoms with Gasteiger partial charge >= 0.3 is 5.97 Å². The third-order valence-electron chi connectivity index (χ3n) is 3.31. The zero-order valence-corrected chi connectivity index (χ0v) is 13.1. The molecule has 2 aromatic rings. The van der Waals surface area contributed by atoms with Gasteiger partial charge in [-0.1, -0.05) is 13.0 Å². The van der Waals surface area contributed by atoms with Crippen LogP contribution < -0.4 is 15.2 Å². The molecule has 22 heavy (non-hydrogen) atoms. The molecule has 0 saturated heterocycles. The van der Waals surface area contributed by atoms with Crippen LogP contribution in [0.2, 0.25) is 0 Å². The van der Waals surface area contributed by atoms with Gasteiger partial charge in [-0.15, -0.1) is 11.3 Å². The summed E-state index contributed by atoms with van der Waals surface area (Å²) in [7, 11) is 0. The molecule has 0 bridgehead atoms. The van der Waals surface area contributed by atoms with Crippen molar-refractivity contribution in [2.45, 2.75) is 13.3 Å². The number of ether oxygens (including phenoxy) is 3. The molecule has 0 saturated carbocycles. The third-order valence-corrected chi connectivity index (χ3v) is 4.13. The number of nitrogen functional groups attached to an aromatic ring is 1. The predicted molar refractivity (Wildman–Crippen MR) is 85.7 cm³/mol. The smallest absolute Gasteiger partial charge is 0.341 e. The number of esters is 1. The molecule has 0 fully saturated rings. The van der Waals surface area contributed by atoms with Gasteiger partial charge in [-0.25, -0.2) is 4.79 Å². The molecule has 1 aromatic heterocycles. The predicted octanol–water partition coefficient (Wildman–Crippen LogP) is 3.34. The number of rotatable bonds is 4. The first-order chi connectivity index (χ1) is 10.7. The molecule has 2 N–H and O–H groups in total. The summed E-state index contributed by atoms with van der Waals surface area (Å²) in [5.41, 5.74) is 8.00. The maximum absolute atomic E-state index is 12.2. The first kappa shape index (κ1) is 14.7. The minimum atomic E-state index is -0.384. The molecule has 0 spiro atoms. The monoisotopic (exact) mass is 319 g/mol. The van der Waals surface area contributed by atoms with E-state index in [-0.39, 0.29) is 5.97 Å². The minimum Gasteiger partial charge on any atom is -0.486 e. The summed E-state index contributed by atoms with van der Waals surface area (Å²) in [4.78, 5) is 12.2. The Hall–Kier alpha value is -2.21. The zero-order valence-electron chi connectivity index (χ0n) is 12.3. The number of carbonyl (C=O) groups is 1. The van der Waals surface area contributed by atoms with Crippen LogP contribution in [0, 0.1) is 0 Å². The molecule has 1 aliphatic rings. The van der Waals surface area contributed by atoms with Crippen molar-refractivity contribution in [2.75, 3.05) is 25.6 Å². The number of thiophene rings is 1. The highest BCUT2D eigenvalue weighted by molar-refractivity contribution is 7.14. The van der Waals surface area contributed by atoms with Gasteiger partial charge in [-0.3, -0.25) is 0 Å². The fourth-order valence-electron chi connectivity index (χ4n) is 2.27. The number of hydrogen-bond donors (Lipinski definition) is 1. The van der Waals surface area contributed by atoms with Crippen LogP contribution in [0.25, 0.3) is 11.1 Å². The third kappa shape index (κ3) is 2.74. The Kier molecular flexibility index (Phi) is 4.20. The van der Waals surface area contributed by atoms with Gasteiger partial charge < -0.3 is 19.9 Å². The first-order valence-corrected chi connectivity index (χ1v) is 8.02. The van der Waals surface area contributed by atoms with E-state index in [1.807, 2.05) is 30.5 Å². The standard InChI is InChI=1S/C16H17NO4S/c1-2-5-21-16(18)14-11(9-22-15(14)17)10-3-4-12-13(8-10)20-7-6-19-12/h3-4,8-9H,2,5-7,17H2,1H3. The Morgan fingerprint density at radius 1 is 1.32 bits per heavy atom. The quantitative estimate of drug-likeness (QED) is 0.875. The second kappa shape index (κ2) is 6.27. The summed E-state index contributed by atoms with van der Waals surface area (Å²) in [6.07, 6.45) is 0.773. The van der Waals surface area contributed by atoms with E-state index < -0.39 is 0 Å². The Bertz CT molecular complexity index is 695. The van der Waals surface area contributed by atoms with Crippen LogP contribution in [0.1, 0.15) is 23.7 Å². The highest BCUT2D eigenvalue weighted by atomic mass is 32.1. The summed E-state index contributed by atoms with van der Waals surface area (Å²) in [5, 5.41) is 2.33. The Morgan fingerprint density at radius 2 is 2.09 bits per heavy atom. The zero-order chi connectivity index (χ0) is 15.5. The molecule has 5 nitrogen and oxygen atoms in total. The Labute approximate surface area is 132 Å². The summed E-state index contributed by atoms with van der Waals surface area (Å²) >= 11 is 1.33. The molecule has 2 heterocycles. The fourth-order valence-corrected chi connectivity index (χ4v) is 3.08. The summed E-state index contributed by atoms with van der Waals surface area (Å²) in [6.45, 7) is 3.40. The second-order valence-corrected chi connectivity index (χ2v) is 5.79. The molecule has 0 radical (unpaired) electrons. The number of benzene rings is 1. The number of nitrogens with two attached hydrogens (primary N) is 1. The van der Waals surface area contributed by atoms with E-state index in [0.717, 1.165) is 17.5 Å². The highest BCUT2D eigenvalue weighted by Crippen LogP contribution is 2.39. The van der Waals surface area contributed by atoms with E-state index in [0.29, 0.717) is 41.9 Å². The molecule has 0 atom stereocenters. The van der Waals surface area contributed by atoms with Crippen molar-refractivity contribution in [3.8, 4) is 22.6 Å². The maximum Gasteiger partial charge on any atom is 0.341 e. The van der Waals surface area contributed by atoms with Crippen molar-refractivity contribution in [3.05, 3.63) is 29.1 Å². The average Bonchev–Trinajstić information content (AvgIpc) is 2.94. The molecule has 1 aliphatic heterocycles. The lowest BCUT2D eigenvalue weighted by atomic mass is 10.0. The molecule has 0 unspecified atom stereocenters. The van der Waals surface area contributed by atoms with Crippen LogP contribution in [0.4, 0.5) is 5.00 Å². The topological polar surface area (TPSA) is 70.8 Å². The van der Waals surface area contributed by atoms with Gasteiger partial charge in [0.05, 0.1) is 6.61 Å². The molecule has 6 heteroatoms. The number of carbonyl (C=O) groups excluding carboxylic acids is 1. The van der Waals surface area contributed by atoms with Crippen molar-refractivity contribution in [1.82, 2.24) is 0 Å². The van der Waals surface area contributed by atoms with Gasteiger partial charge in [0, 0.05) is 10.9 Å². The molecular weight excluding hydrogens is 302 g/mol. The molecule has 3 rings (SSSR count). The van der Waals surface area contributed by atoms with Crippen LogP contribution in [0.15, 0.2) is 23.6 Å². The van der Waals surface area contributed by atoms with Crippen molar-refractivity contribution in [2.24, 2.45) is 0 Å². The van der Waals surface area contributed by atoms with Gasteiger partial charge in [0.15, 0.2) is 11.5 Å². The van der Waals surface area contributed by atoms with Crippen LogP contribution >= 0.6 is 11.3 Å². The van der Waals surface area contributed by atoms with E-state index in [4.69, 9.17) is 19.9 Å². The second-order valence-electron chi connectivity index (χ2n) is 4.88. The molecule has 1 aromatic carbocycles. The number of fused-ring (bicyclic) bond motifs is 1. The number of hydrogen-bond acceptors (Lipinski definition) is 6. The first-order valence-electron chi connectivity index (χ1n) is 7.14. The van der Waals surface area contributed by atoms with Crippen LogP contribution in [-0.2, 0) is 4.74 Å². The highest BCUT2D eigenvalue weighted by Gasteiger charge is 2.21.